The monoisotopic (exact) mass is 286 g/mol. The van der Waals surface area contributed by atoms with E-state index in [0.717, 1.165) is 4.88 Å². The molecular weight excluding hydrogens is 272 g/mol. The van der Waals surface area contributed by atoms with Crippen LogP contribution in [0.5, 0.6) is 5.75 Å². The van der Waals surface area contributed by atoms with Gasteiger partial charge in [-0.1, -0.05) is 24.0 Å². The van der Waals surface area contributed by atoms with Crippen molar-refractivity contribution in [3.63, 3.8) is 0 Å². The molecule has 1 amide bonds. The van der Waals surface area contributed by atoms with Crippen molar-refractivity contribution in [1.29, 1.82) is 0 Å². The number of methoxy groups -OCH3 is 1. The standard InChI is InChI=1S/C15H14N2O2S/c1-19-14-7-3-2-6-13(14)17-15(18)11-9-12(20-10-11)5-4-8-16/h2-3,6-7,9-10H,8,16H2,1H3,(H,17,18). The first-order chi connectivity index (χ1) is 9.74. The smallest absolute Gasteiger partial charge is 0.256 e. The lowest BCUT2D eigenvalue weighted by Gasteiger charge is -2.08. The van der Waals surface area contributed by atoms with Gasteiger partial charge >= 0.3 is 0 Å². The number of rotatable bonds is 3. The van der Waals surface area contributed by atoms with E-state index in [-0.39, 0.29) is 5.91 Å². The van der Waals surface area contributed by atoms with E-state index in [9.17, 15) is 4.79 Å². The number of thiophene rings is 1. The van der Waals surface area contributed by atoms with Gasteiger partial charge in [-0.25, -0.2) is 0 Å². The van der Waals surface area contributed by atoms with Gasteiger partial charge in [-0.3, -0.25) is 4.79 Å². The molecule has 3 N–H and O–H groups in total. The van der Waals surface area contributed by atoms with Crippen LogP contribution in [-0.4, -0.2) is 19.6 Å². The molecule has 20 heavy (non-hydrogen) atoms. The molecule has 0 unspecified atom stereocenters. The summed E-state index contributed by atoms with van der Waals surface area (Å²) in [6.45, 7) is 0.306. The number of hydrogen-bond donors (Lipinski definition) is 2. The molecule has 2 rings (SSSR count). The first-order valence-corrected chi connectivity index (χ1v) is 6.84. The van der Waals surface area contributed by atoms with Crippen LogP contribution in [-0.2, 0) is 0 Å². The molecule has 0 radical (unpaired) electrons. The summed E-state index contributed by atoms with van der Waals surface area (Å²) in [4.78, 5) is 13.0. The molecule has 0 aliphatic rings. The molecule has 0 aliphatic heterocycles. The summed E-state index contributed by atoms with van der Waals surface area (Å²) in [5, 5.41) is 4.59. The zero-order valence-electron chi connectivity index (χ0n) is 11.0. The van der Waals surface area contributed by atoms with Crippen LogP contribution in [0.15, 0.2) is 35.7 Å². The Morgan fingerprint density at radius 3 is 3.00 bits per heavy atom. The molecule has 1 aromatic heterocycles. The molecule has 0 bridgehead atoms. The minimum atomic E-state index is -0.188. The van der Waals surface area contributed by atoms with Gasteiger partial charge in [-0.15, -0.1) is 11.3 Å². The molecule has 4 nitrogen and oxygen atoms in total. The fourth-order valence-corrected chi connectivity index (χ4v) is 2.36. The summed E-state index contributed by atoms with van der Waals surface area (Å²) in [6.07, 6.45) is 0. The molecule has 0 saturated heterocycles. The number of nitrogens with two attached hydrogens (primary N) is 1. The first kappa shape index (κ1) is 14.1. The molecule has 0 aliphatic carbocycles. The second-order valence-corrected chi connectivity index (χ2v) is 4.77. The lowest BCUT2D eigenvalue weighted by Crippen LogP contribution is -2.11. The minimum absolute atomic E-state index is 0.188. The highest BCUT2D eigenvalue weighted by atomic mass is 32.1. The second kappa shape index (κ2) is 6.75. The highest BCUT2D eigenvalue weighted by molar-refractivity contribution is 7.10. The zero-order valence-corrected chi connectivity index (χ0v) is 11.8. The maximum Gasteiger partial charge on any atom is 0.256 e. The Hall–Kier alpha value is -2.29. The first-order valence-electron chi connectivity index (χ1n) is 5.96. The number of carbonyl (C=O) groups is 1. The molecule has 5 heteroatoms. The molecule has 1 heterocycles. The third-order valence-corrected chi connectivity index (χ3v) is 3.38. The number of nitrogens with one attached hydrogen (secondary N) is 1. The van der Waals surface area contributed by atoms with Crippen LogP contribution in [0.25, 0.3) is 0 Å². The summed E-state index contributed by atoms with van der Waals surface area (Å²) in [7, 11) is 1.57. The van der Waals surface area contributed by atoms with Crippen molar-refractivity contribution < 1.29 is 9.53 Å². The number of para-hydroxylation sites is 2. The lowest BCUT2D eigenvalue weighted by atomic mass is 10.2. The Morgan fingerprint density at radius 1 is 1.45 bits per heavy atom. The van der Waals surface area contributed by atoms with Crippen molar-refractivity contribution in [3.05, 3.63) is 46.2 Å². The summed E-state index contributed by atoms with van der Waals surface area (Å²) in [5.74, 6) is 6.10. The number of hydrogen-bond acceptors (Lipinski definition) is 4. The van der Waals surface area contributed by atoms with Gasteiger partial charge in [0.25, 0.3) is 5.91 Å². The predicted molar refractivity (Wildman–Crippen MR) is 81.2 cm³/mol. The largest absolute Gasteiger partial charge is 0.495 e. The van der Waals surface area contributed by atoms with E-state index in [1.165, 1.54) is 11.3 Å². The molecular formula is C15H14N2O2S. The fourth-order valence-electron chi connectivity index (χ4n) is 1.60. The second-order valence-electron chi connectivity index (χ2n) is 3.86. The number of ether oxygens (including phenoxy) is 1. The molecule has 2 aromatic rings. The van der Waals surface area contributed by atoms with Gasteiger partial charge in [0, 0.05) is 5.38 Å². The summed E-state index contributed by atoms with van der Waals surface area (Å²) >= 11 is 1.42. The van der Waals surface area contributed by atoms with Crippen LogP contribution >= 0.6 is 11.3 Å². The van der Waals surface area contributed by atoms with Gasteiger partial charge in [0.15, 0.2) is 0 Å². The highest BCUT2D eigenvalue weighted by Crippen LogP contribution is 2.24. The maximum atomic E-state index is 12.1. The van der Waals surface area contributed by atoms with E-state index in [4.69, 9.17) is 10.5 Å². The van der Waals surface area contributed by atoms with Crippen LogP contribution in [0.1, 0.15) is 15.2 Å². The van der Waals surface area contributed by atoms with Crippen molar-refractivity contribution in [3.8, 4) is 17.6 Å². The number of amides is 1. The normalized spacial score (nSPS) is 9.50. The predicted octanol–water partition coefficient (Wildman–Crippen LogP) is 2.32. The Balaban J connectivity index is 2.14. The molecule has 0 spiro atoms. The van der Waals surface area contributed by atoms with Gasteiger partial charge < -0.3 is 15.8 Å². The topological polar surface area (TPSA) is 64.3 Å². The molecule has 0 saturated carbocycles. The number of anilines is 1. The molecule has 0 atom stereocenters. The Kier molecular flexibility index (Phi) is 4.77. The van der Waals surface area contributed by atoms with E-state index < -0.39 is 0 Å². The Labute approximate surface area is 121 Å². The van der Waals surface area contributed by atoms with Crippen molar-refractivity contribution >= 4 is 22.9 Å². The Morgan fingerprint density at radius 2 is 2.25 bits per heavy atom. The molecule has 102 valence electrons. The molecule has 0 fully saturated rings. The minimum Gasteiger partial charge on any atom is -0.495 e. The van der Waals surface area contributed by atoms with Gasteiger partial charge in [0.2, 0.25) is 0 Å². The number of benzene rings is 1. The summed E-state index contributed by atoms with van der Waals surface area (Å²) in [5.41, 5.74) is 6.53. The van der Waals surface area contributed by atoms with E-state index in [1.54, 1.807) is 30.7 Å². The van der Waals surface area contributed by atoms with Crippen LogP contribution in [0.2, 0.25) is 0 Å². The van der Waals surface area contributed by atoms with Gasteiger partial charge in [0.05, 0.1) is 29.8 Å². The van der Waals surface area contributed by atoms with Crippen LogP contribution in [0.4, 0.5) is 5.69 Å². The van der Waals surface area contributed by atoms with Crippen LogP contribution in [0, 0.1) is 11.8 Å². The van der Waals surface area contributed by atoms with Crippen LogP contribution in [0.3, 0.4) is 0 Å². The van der Waals surface area contributed by atoms with Gasteiger partial charge in [-0.2, -0.15) is 0 Å². The maximum absolute atomic E-state index is 12.1. The molecule has 1 aromatic carbocycles. The highest BCUT2D eigenvalue weighted by Gasteiger charge is 2.10. The van der Waals surface area contributed by atoms with E-state index in [1.807, 2.05) is 12.1 Å². The quantitative estimate of drug-likeness (QED) is 0.851. The third kappa shape index (κ3) is 3.38. The average Bonchev–Trinajstić information content (AvgIpc) is 2.94. The zero-order chi connectivity index (χ0) is 14.4. The van der Waals surface area contributed by atoms with Crippen molar-refractivity contribution in [2.45, 2.75) is 0 Å². The number of carbonyl (C=O) groups excluding carboxylic acids is 1. The van der Waals surface area contributed by atoms with Crippen molar-refractivity contribution in [2.75, 3.05) is 19.0 Å². The van der Waals surface area contributed by atoms with Crippen LogP contribution < -0.4 is 15.8 Å². The average molecular weight is 286 g/mol. The van der Waals surface area contributed by atoms with E-state index >= 15 is 0 Å². The van der Waals surface area contributed by atoms with Gasteiger partial charge in [0.1, 0.15) is 5.75 Å². The fraction of sp³-hybridized carbons (Fsp3) is 0.133. The van der Waals surface area contributed by atoms with Crippen molar-refractivity contribution in [2.24, 2.45) is 5.73 Å². The third-order valence-electron chi connectivity index (χ3n) is 2.53. The van der Waals surface area contributed by atoms with Gasteiger partial charge in [-0.05, 0) is 18.2 Å². The SMILES string of the molecule is COc1ccccc1NC(=O)c1csc(C#CCN)c1. The summed E-state index contributed by atoms with van der Waals surface area (Å²) in [6, 6.07) is 9.02. The lowest BCUT2D eigenvalue weighted by molar-refractivity contribution is 0.102. The van der Waals surface area contributed by atoms with E-state index in [0.29, 0.717) is 23.5 Å². The Bertz CT molecular complexity index is 668. The summed E-state index contributed by atoms with van der Waals surface area (Å²) < 4.78 is 5.19. The van der Waals surface area contributed by atoms with Crippen molar-refractivity contribution in [1.82, 2.24) is 0 Å². The van der Waals surface area contributed by atoms with E-state index in [2.05, 4.69) is 17.2 Å².